The van der Waals surface area contributed by atoms with Gasteiger partial charge in [-0.3, -0.25) is 4.79 Å². The van der Waals surface area contributed by atoms with Crippen LogP contribution in [0, 0.1) is 0 Å². The Morgan fingerprint density at radius 2 is 2.27 bits per heavy atom. The first kappa shape index (κ1) is 9.36. The minimum Gasteiger partial charge on any atom is -0.361 e. The van der Waals surface area contributed by atoms with Crippen LogP contribution in [-0.2, 0) is 4.79 Å². The highest BCUT2D eigenvalue weighted by Gasteiger charge is 1.99. The van der Waals surface area contributed by atoms with Gasteiger partial charge in [-0.05, 0) is 12.0 Å². The molecule has 0 unspecified atom stereocenters. The largest absolute Gasteiger partial charge is 0.361 e. The average molecular weight is 153 g/mol. The van der Waals surface area contributed by atoms with Crippen LogP contribution in [0.3, 0.4) is 0 Å². The molecule has 0 aliphatic heterocycles. The molecule has 0 heterocycles. The van der Waals surface area contributed by atoms with Crippen molar-refractivity contribution < 1.29 is 9.58 Å². The smallest absolute Gasteiger partial charge is 0.323 e. The lowest BCUT2D eigenvalue weighted by Crippen LogP contribution is -1.99. The molecule has 0 saturated heterocycles. The molecule has 0 N–H and O–H groups in total. The lowest BCUT2D eigenvalue weighted by molar-refractivity contribution is -0.116. The van der Waals surface area contributed by atoms with Gasteiger partial charge >= 0.3 is 6.21 Å². The van der Waals surface area contributed by atoms with Crippen molar-refractivity contribution in [2.24, 2.45) is 5.11 Å². The van der Waals surface area contributed by atoms with E-state index in [0.29, 0.717) is 13.0 Å². The molecule has 0 aliphatic rings. The van der Waals surface area contributed by atoms with E-state index < -0.39 is 0 Å². The van der Waals surface area contributed by atoms with E-state index in [1.54, 1.807) is 0 Å². The summed E-state index contributed by atoms with van der Waals surface area (Å²) in [6, 6.07) is 0. The molecule has 0 aliphatic carbocycles. The molecule has 0 atom stereocenters. The number of carbonyl (C=O) groups excluding carboxylic acids is 1. The predicted octanol–water partition coefficient (Wildman–Crippen LogP) is 0.947. The quantitative estimate of drug-likeness (QED) is 0.189. The van der Waals surface area contributed by atoms with Gasteiger partial charge in [0, 0.05) is 17.9 Å². The summed E-state index contributed by atoms with van der Waals surface area (Å²) in [5.74, 6) is -0.277. The molecule has 0 radical (unpaired) electrons. The van der Waals surface area contributed by atoms with Crippen molar-refractivity contribution in [1.29, 1.82) is 0 Å². The number of hydrogen-bond acceptors (Lipinski definition) is 2. The molecular weight excluding hydrogens is 146 g/mol. The Hall–Kier alpha value is -1.64. The van der Waals surface area contributed by atoms with Crippen molar-refractivity contribution in [2.45, 2.75) is 12.8 Å². The molecule has 0 rings (SSSR count). The highest BCUT2D eigenvalue weighted by molar-refractivity contribution is 6.25. The topological polar surface area (TPSA) is 102 Å². The summed E-state index contributed by atoms with van der Waals surface area (Å²) in [4.78, 5) is 15.6. The Balaban J connectivity index is 3.46. The van der Waals surface area contributed by atoms with Gasteiger partial charge in [0.2, 0.25) is 5.78 Å². The minimum absolute atomic E-state index is 0.239. The Morgan fingerprint density at radius 3 is 2.82 bits per heavy atom. The fourth-order valence-corrected chi connectivity index (χ4v) is 0.498. The monoisotopic (exact) mass is 153 g/mol. The van der Waals surface area contributed by atoms with Crippen molar-refractivity contribution in [2.75, 3.05) is 6.54 Å². The van der Waals surface area contributed by atoms with Gasteiger partial charge in [0.15, 0.2) is 0 Å². The summed E-state index contributed by atoms with van der Waals surface area (Å²) in [5, 5.41) is 3.23. The fourth-order valence-electron chi connectivity index (χ4n) is 0.498. The van der Waals surface area contributed by atoms with E-state index >= 15 is 0 Å². The van der Waals surface area contributed by atoms with Crippen LogP contribution < -0.4 is 0 Å². The van der Waals surface area contributed by atoms with E-state index in [1.807, 2.05) is 0 Å². The molecule has 0 fully saturated rings. The lowest BCUT2D eigenvalue weighted by atomic mass is 10.2. The van der Waals surface area contributed by atoms with E-state index in [9.17, 15) is 4.79 Å². The van der Waals surface area contributed by atoms with Gasteiger partial charge in [-0.15, -0.1) is 0 Å². The molecule has 6 nitrogen and oxygen atoms in total. The molecule has 0 aromatic heterocycles. The third-order valence-corrected chi connectivity index (χ3v) is 0.946. The Morgan fingerprint density at radius 1 is 1.55 bits per heavy atom. The van der Waals surface area contributed by atoms with Crippen LogP contribution in [0.25, 0.3) is 16.0 Å². The molecule has 6 heteroatoms. The summed E-state index contributed by atoms with van der Waals surface area (Å²) in [6.45, 7) is 0.293. The molecule has 58 valence electrons. The number of rotatable bonds is 5. The average Bonchev–Trinajstić information content (AvgIpc) is 1.99. The highest BCUT2D eigenvalue weighted by atomic mass is 16.1. The lowest BCUT2D eigenvalue weighted by Gasteiger charge is -1.85. The third-order valence-electron chi connectivity index (χ3n) is 0.946. The highest BCUT2D eigenvalue weighted by Crippen LogP contribution is 1.89. The second-order valence-corrected chi connectivity index (χ2v) is 1.77. The Labute approximate surface area is 63.1 Å². The van der Waals surface area contributed by atoms with E-state index in [-0.39, 0.29) is 12.2 Å². The molecule has 0 aromatic rings. The maximum atomic E-state index is 10.6. The normalized spacial score (nSPS) is 7.64. The molecule has 0 saturated carbocycles. The number of Topliss-reactive ketones (excluding diaryl/α,β-unsaturated/α-hetero) is 1. The van der Waals surface area contributed by atoms with Gasteiger partial charge in [-0.1, -0.05) is 5.11 Å². The van der Waals surface area contributed by atoms with E-state index in [4.69, 9.17) is 11.1 Å². The van der Waals surface area contributed by atoms with Crippen molar-refractivity contribution in [3.63, 3.8) is 0 Å². The molecule has 0 spiro atoms. The molecular formula is C5H7N5O. The third kappa shape index (κ3) is 6.24. The number of nitrogens with zero attached hydrogens (tertiary/aromatic N) is 5. The van der Waals surface area contributed by atoms with Gasteiger partial charge in [-0.2, -0.15) is 4.79 Å². The zero-order valence-electron chi connectivity index (χ0n) is 5.84. The summed E-state index contributed by atoms with van der Waals surface area (Å²) >= 11 is 0. The van der Waals surface area contributed by atoms with Crippen LogP contribution in [-0.4, -0.2) is 23.3 Å². The predicted molar refractivity (Wildman–Crippen MR) is 37.9 cm³/mol. The van der Waals surface area contributed by atoms with Gasteiger partial charge in [-0.25, -0.2) is 0 Å². The van der Waals surface area contributed by atoms with Crippen LogP contribution >= 0.6 is 0 Å². The number of hydrogen-bond donors (Lipinski definition) is 0. The second-order valence-electron chi connectivity index (χ2n) is 1.77. The van der Waals surface area contributed by atoms with Gasteiger partial charge in [0.1, 0.15) is 0 Å². The maximum Gasteiger partial charge on any atom is 0.323 e. The van der Waals surface area contributed by atoms with Gasteiger partial charge in [0.05, 0.1) is 0 Å². The summed E-state index contributed by atoms with van der Waals surface area (Å²) in [6.07, 6.45) is 1.55. The molecule has 11 heavy (non-hydrogen) atoms. The minimum atomic E-state index is -0.277. The second kappa shape index (κ2) is 6.48. The summed E-state index contributed by atoms with van der Waals surface area (Å²) in [5.41, 5.74) is 15.7. The van der Waals surface area contributed by atoms with Crippen LogP contribution in [0.1, 0.15) is 12.8 Å². The van der Waals surface area contributed by atoms with Gasteiger partial charge in [0.25, 0.3) is 0 Å². The standard InChI is InChI=1S/C5H7N5O/c6-8-4-5(11)2-1-3-9-10-7/h4H,1-3H2. The van der Waals surface area contributed by atoms with E-state index in [1.165, 1.54) is 0 Å². The van der Waals surface area contributed by atoms with Crippen molar-refractivity contribution in [1.82, 2.24) is 0 Å². The van der Waals surface area contributed by atoms with Crippen LogP contribution in [0.2, 0.25) is 0 Å². The first-order valence-corrected chi connectivity index (χ1v) is 3.02. The Bertz CT molecular complexity index is 223. The number of azide groups is 1. The summed E-state index contributed by atoms with van der Waals surface area (Å²) < 4.78 is 0. The van der Waals surface area contributed by atoms with Gasteiger partial charge < -0.3 is 5.53 Å². The zero-order chi connectivity index (χ0) is 8.53. The SMILES string of the molecule is [N-]=[N+]=CC(=O)CCCN=[N+]=[N-]. The van der Waals surface area contributed by atoms with Crippen molar-refractivity contribution in [3.05, 3.63) is 16.0 Å². The van der Waals surface area contributed by atoms with Crippen molar-refractivity contribution in [3.8, 4) is 0 Å². The number of ketones is 1. The summed E-state index contributed by atoms with van der Waals surface area (Å²) in [7, 11) is 0. The molecule has 0 aromatic carbocycles. The maximum absolute atomic E-state index is 10.6. The first-order valence-electron chi connectivity index (χ1n) is 3.02. The first-order chi connectivity index (χ1) is 5.31. The van der Waals surface area contributed by atoms with E-state index in [0.717, 1.165) is 6.21 Å². The zero-order valence-corrected chi connectivity index (χ0v) is 5.84. The molecule has 0 amide bonds. The fraction of sp³-hybridized carbons (Fsp3) is 0.600. The van der Waals surface area contributed by atoms with Crippen molar-refractivity contribution >= 4 is 12.0 Å². The molecule has 0 bridgehead atoms. The van der Waals surface area contributed by atoms with Crippen LogP contribution in [0.5, 0.6) is 0 Å². The number of carbonyl (C=O) groups is 1. The van der Waals surface area contributed by atoms with Crippen LogP contribution in [0.4, 0.5) is 0 Å². The van der Waals surface area contributed by atoms with E-state index in [2.05, 4.69) is 14.8 Å². The van der Waals surface area contributed by atoms with Crippen LogP contribution in [0.15, 0.2) is 5.11 Å². The Kier molecular flexibility index (Phi) is 5.51.